The third kappa shape index (κ3) is 1.19. The molecule has 3 aliphatic carbocycles. The first-order chi connectivity index (χ1) is 5.96. The van der Waals surface area contributed by atoms with E-state index in [1.807, 2.05) is 0 Å². The maximum atomic E-state index is 12.9. The quantitative estimate of drug-likeness (QED) is 0.548. The Morgan fingerprint density at radius 3 is 2.00 bits per heavy atom. The molecule has 0 aliphatic heterocycles. The first-order valence-corrected chi connectivity index (χ1v) is 5.02. The molecule has 0 nitrogen and oxygen atoms in total. The number of hydrogen-bond acceptors (Lipinski definition) is 0. The Bertz CT molecular complexity index is 199. The standard InChI is InChI=1S/C10H15F3/c1-7-6-8-2-4-9(7,5-3-8)10(11,12)13/h7-8H,2-6H2,1H3/t7-,8?,9?/m0/s1. The number of alkyl halides is 3. The van der Waals surface area contributed by atoms with E-state index in [0.29, 0.717) is 18.8 Å². The topological polar surface area (TPSA) is 0 Å². The van der Waals surface area contributed by atoms with Gasteiger partial charge in [-0.3, -0.25) is 0 Å². The van der Waals surface area contributed by atoms with E-state index in [4.69, 9.17) is 0 Å². The summed E-state index contributed by atoms with van der Waals surface area (Å²) in [4.78, 5) is 0. The number of fused-ring (bicyclic) bond motifs is 3. The summed E-state index contributed by atoms with van der Waals surface area (Å²) in [6, 6.07) is 0. The average molecular weight is 192 g/mol. The molecule has 0 aromatic rings. The van der Waals surface area contributed by atoms with E-state index in [0.717, 1.165) is 19.3 Å². The zero-order valence-electron chi connectivity index (χ0n) is 7.82. The van der Waals surface area contributed by atoms with Crippen molar-refractivity contribution in [1.82, 2.24) is 0 Å². The molecule has 0 saturated heterocycles. The molecule has 3 fully saturated rings. The molecule has 0 unspecified atom stereocenters. The Kier molecular flexibility index (Phi) is 1.90. The minimum Gasteiger partial charge on any atom is -0.170 e. The molecule has 13 heavy (non-hydrogen) atoms. The van der Waals surface area contributed by atoms with Crippen molar-refractivity contribution in [3.8, 4) is 0 Å². The summed E-state index contributed by atoms with van der Waals surface area (Å²) in [5.41, 5.74) is -1.32. The van der Waals surface area contributed by atoms with Gasteiger partial charge < -0.3 is 0 Å². The Hall–Kier alpha value is -0.210. The van der Waals surface area contributed by atoms with Gasteiger partial charge in [-0.15, -0.1) is 0 Å². The van der Waals surface area contributed by atoms with Crippen LogP contribution in [0.25, 0.3) is 0 Å². The molecular formula is C10H15F3. The van der Waals surface area contributed by atoms with Crippen LogP contribution in [0.2, 0.25) is 0 Å². The van der Waals surface area contributed by atoms with Crippen LogP contribution in [-0.4, -0.2) is 6.18 Å². The number of hydrogen-bond donors (Lipinski definition) is 0. The highest BCUT2D eigenvalue weighted by atomic mass is 19.4. The maximum absolute atomic E-state index is 12.9. The molecule has 3 heteroatoms. The second-order valence-corrected chi connectivity index (χ2v) is 4.73. The molecule has 2 bridgehead atoms. The highest BCUT2D eigenvalue weighted by Gasteiger charge is 2.61. The number of halogens is 3. The van der Waals surface area contributed by atoms with Crippen LogP contribution in [0.15, 0.2) is 0 Å². The summed E-state index contributed by atoms with van der Waals surface area (Å²) in [5.74, 6) is 0.430. The van der Waals surface area contributed by atoms with E-state index >= 15 is 0 Å². The van der Waals surface area contributed by atoms with Crippen molar-refractivity contribution in [2.75, 3.05) is 0 Å². The van der Waals surface area contributed by atoms with E-state index < -0.39 is 11.6 Å². The molecule has 0 N–H and O–H groups in total. The normalized spacial score (nSPS) is 45.2. The Morgan fingerprint density at radius 2 is 1.69 bits per heavy atom. The van der Waals surface area contributed by atoms with Crippen molar-refractivity contribution in [3.05, 3.63) is 0 Å². The summed E-state index contributed by atoms with van der Waals surface area (Å²) in [7, 11) is 0. The molecule has 3 saturated carbocycles. The van der Waals surface area contributed by atoms with E-state index in [1.165, 1.54) is 0 Å². The van der Waals surface area contributed by atoms with Gasteiger partial charge in [-0.2, -0.15) is 13.2 Å². The van der Waals surface area contributed by atoms with Gasteiger partial charge in [-0.25, -0.2) is 0 Å². The lowest BCUT2D eigenvalue weighted by molar-refractivity contribution is -0.269. The van der Waals surface area contributed by atoms with Gasteiger partial charge in [0.25, 0.3) is 0 Å². The fourth-order valence-corrected chi connectivity index (χ4v) is 3.21. The number of rotatable bonds is 0. The smallest absolute Gasteiger partial charge is 0.170 e. The Balaban J connectivity index is 2.28. The van der Waals surface area contributed by atoms with Crippen LogP contribution in [0.4, 0.5) is 13.2 Å². The molecule has 1 atom stereocenters. The van der Waals surface area contributed by atoms with Crippen molar-refractivity contribution in [2.45, 2.75) is 45.2 Å². The predicted octanol–water partition coefficient (Wildman–Crippen LogP) is 3.77. The van der Waals surface area contributed by atoms with Crippen LogP contribution in [0, 0.1) is 17.3 Å². The third-order valence-electron chi connectivity index (χ3n) is 4.19. The van der Waals surface area contributed by atoms with Gasteiger partial charge in [-0.1, -0.05) is 6.92 Å². The first-order valence-electron chi connectivity index (χ1n) is 5.02. The van der Waals surface area contributed by atoms with Gasteiger partial charge in [0.05, 0.1) is 5.41 Å². The minimum atomic E-state index is -3.97. The summed E-state index contributed by atoms with van der Waals surface area (Å²) < 4.78 is 38.6. The molecule has 0 spiro atoms. The van der Waals surface area contributed by atoms with Gasteiger partial charge in [0.1, 0.15) is 0 Å². The van der Waals surface area contributed by atoms with Crippen molar-refractivity contribution in [1.29, 1.82) is 0 Å². The molecule has 0 heterocycles. The second-order valence-electron chi connectivity index (χ2n) is 4.73. The largest absolute Gasteiger partial charge is 0.394 e. The van der Waals surface area contributed by atoms with Crippen LogP contribution < -0.4 is 0 Å². The lowest BCUT2D eigenvalue weighted by Gasteiger charge is -2.51. The summed E-state index contributed by atoms with van der Waals surface area (Å²) in [6.45, 7) is 1.78. The SMILES string of the molecule is C[C@H]1CC2CCC1(C(F)(F)F)CC2. The third-order valence-corrected chi connectivity index (χ3v) is 4.19. The van der Waals surface area contributed by atoms with E-state index in [1.54, 1.807) is 6.92 Å². The summed E-state index contributed by atoms with van der Waals surface area (Å²) in [6.07, 6.45) is -0.838. The minimum absolute atomic E-state index is 0.153. The van der Waals surface area contributed by atoms with Crippen molar-refractivity contribution < 1.29 is 13.2 Å². The van der Waals surface area contributed by atoms with Gasteiger partial charge in [0, 0.05) is 0 Å². The monoisotopic (exact) mass is 192 g/mol. The van der Waals surface area contributed by atoms with Crippen LogP contribution in [-0.2, 0) is 0 Å². The molecule has 0 aromatic carbocycles. The van der Waals surface area contributed by atoms with Crippen LogP contribution >= 0.6 is 0 Å². The average Bonchev–Trinajstić information content (AvgIpc) is 2.03. The van der Waals surface area contributed by atoms with Crippen molar-refractivity contribution >= 4 is 0 Å². The summed E-state index contributed by atoms with van der Waals surface area (Å²) in [5, 5.41) is 0. The molecule has 0 radical (unpaired) electrons. The Morgan fingerprint density at radius 1 is 1.15 bits per heavy atom. The summed E-state index contributed by atoms with van der Waals surface area (Å²) >= 11 is 0. The lowest BCUT2D eigenvalue weighted by Crippen LogP contribution is -2.50. The van der Waals surface area contributed by atoms with Gasteiger partial charge in [0.2, 0.25) is 0 Å². The highest BCUT2D eigenvalue weighted by Crippen LogP contribution is 2.60. The fourth-order valence-electron chi connectivity index (χ4n) is 3.21. The van der Waals surface area contributed by atoms with E-state index in [9.17, 15) is 13.2 Å². The zero-order valence-corrected chi connectivity index (χ0v) is 7.82. The van der Waals surface area contributed by atoms with Crippen molar-refractivity contribution in [3.63, 3.8) is 0 Å². The van der Waals surface area contributed by atoms with E-state index in [-0.39, 0.29) is 5.92 Å². The lowest BCUT2D eigenvalue weighted by atomic mass is 9.55. The van der Waals surface area contributed by atoms with E-state index in [2.05, 4.69) is 0 Å². The second kappa shape index (κ2) is 2.64. The van der Waals surface area contributed by atoms with Crippen LogP contribution in [0.5, 0.6) is 0 Å². The van der Waals surface area contributed by atoms with Gasteiger partial charge in [0.15, 0.2) is 0 Å². The molecule has 3 aliphatic rings. The molecule has 76 valence electrons. The molecular weight excluding hydrogens is 177 g/mol. The van der Waals surface area contributed by atoms with Gasteiger partial charge in [-0.05, 0) is 43.9 Å². The Labute approximate surface area is 76.5 Å². The highest BCUT2D eigenvalue weighted by molar-refractivity contribution is 4.99. The van der Waals surface area contributed by atoms with Crippen LogP contribution in [0.1, 0.15) is 39.0 Å². The molecule has 3 rings (SSSR count). The molecule has 0 amide bonds. The fraction of sp³-hybridized carbons (Fsp3) is 1.00. The van der Waals surface area contributed by atoms with Crippen LogP contribution in [0.3, 0.4) is 0 Å². The van der Waals surface area contributed by atoms with Gasteiger partial charge >= 0.3 is 6.18 Å². The predicted molar refractivity (Wildman–Crippen MR) is 44.2 cm³/mol. The maximum Gasteiger partial charge on any atom is 0.394 e. The molecule has 0 aromatic heterocycles. The first kappa shape index (κ1) is 9.35. The van der Waals surface area contributed by atoms with Crippen molar-refractivity contribution in [2.24, 2.45) is 17.3 Å². The zero-order chi connectivity index (χ0) is 9.69.